The summed E-state index contributed by atoms with van der Waals surface area (Å²) >= 11 is 12.4. The normalized spacial score (nSPS) is 19.7. The molecule has 2 aliphatic rings. The minimum Gasteiger partial charge on any atom is -0.349 e. The molecular formula is C23H26Cl2N4. The van der Waals surface area contributed by atoms with Crippen LogP contribution in [0.2, 0.25) is 10.0 Å². The average molecular weight is 429 g/mol. The van der Waals surface area contributed by atoms with Gasteiger partial charge in [-0.25, -0.2) is 0 Å². The van der Waals surface area contributed by atoms with Crippen molar-refractivity contribution in [3.8, 4) is 0 Å². The van der Waals surface area contributed by atoms with E-state index in [1.165, 1.54) is 11.4 Å². The van der Waals surface area contributed by atoms with Crippen molar-refractivity contribution in [1.29, 1.82) is 0 Å². The fraction of sp³-hybridized carbons (Fsp3) is 0.304. The molecule has 4 rings (SSSR count). The molecule has 0 aliphatic carbocycles. The van der Waals surface area contributed by atoms with Crippen LogP contribution in [0.3, 0.4) is 0 Å². The topological polar surface area (TPSA) is 13.0 Å². The number of allylic oxidation sites excluding steroid dienone is 2. The van der Waals surface area contributed by atoms with Gasteiger partial charge in [0, 0.05) is 37.2 Å². The summed E-state index contributed by atoms with van der Waals surface area (Å²) in [5, 5.41) is 1.52. The van der Waals surface area contributed by atoms with Gasteiger partial charge in [0.15, 0.2) is 0 Å². The minimum atomic E-state index is 0.156. The fourth-order valence-corrected chi connectivity index (χ4v) is 4.64. The van der Waals surface area contributed by atoms with E-state index >= 15 is 0 Å². The Morgan fingerprint density at radius 3 is 2.17 bits per heavy atom. The first kappa shape index (κ1) is 20.0. The van der Waals surface area contributed by atoms with Crippen molar-refractivity contribution in [2.24, 2.45) is 0 Å². The first-order valence-electron chi connectivity index (χ1n) is 9.94. The van der Waals surface area contributed by atoms with Crippen LogP contribution in [-0.2, 0) is 0 Å². The van der Waals surface area contributed by atoms with Gasteiger partial charge in [0.1, 0.15) is 12.0 Å². The molecule has 2 aromatic carbocycles. The Morgan fingerprint density at radius 1 is 0.862 bits per heavy atom. The Bertz CT molecular complexity index is 985. The maximum absolute atomic E-state index is 6.23. The zero-order valence-electron chi connectivity index (χ0n) is 17.2. The van der Waals surface area contributed by atoms with Gasteiger partial charge in [-0.3, -0.25) is 0 Å². The molecule has 0 fully saturated rings. The van der Waals surface area contributed by atoms with Gasteiger partial charge < -0.3 is 19.6 Å². The van der Waals surface area contributed by atoms with Crippen LogP contribution in [0.4, 0.5) is 22.7 Å². The van der Waals surface area contributed by atoms with E-state index in [2.05, 4.69) is 77.9 Å². The molecule has 1 unspecified atom stereocenters. The lowest BCUT2D eigenvalue weighted by molar-refractivity contribution is 0.728. The summed E-state index contributed by atoms with van der Waals surface area (Å²) in [5.74, 6) is 1.14. The van der Waals surface area contributed by atoms with Crippen molar-refractivity contribution in [2.75, 3.05) is 46.8 Å². The van der Waals surface area contributed by atoms with Gasteiger partial charge in [0.25, 0.3) is 0 Å². The lowest BCUT2D eigenvalue weighted by atomic mass is 10.2. The van der Waals surface area contributed by atoms with E-state index in [9.17, 15) is 0 Å². The third-order valence-corrected chi connectivity index (χ3v) is 6.21. The number of anilines is 4. The molecule has 0 N–H and O–H groups in total. The molecule has 0 spiro atoms. The van der Waals surface area contributed by atoms with Crippen LogP contribution in [-0.4, -0.2) is 33.4 Å². The predicted octanol–water partition coefficient (Wildman–Crippen LogP) is 5.97. The highest BCUT2D eigenvalue weighted by molar-refractivity contribution is 6.31. The summed E-state index contributed by atoms with van der Waals surface area (Å²) in [6, 6.07) is 12.2. The maximum Gasteiger partial charge on any atom is 0.121 e. The fourth-order valence-electron chi connectivity index (χ4n) is 4.30. The molecule has 2 aromatic rings. The predicted molar refractivity (Wildman–Crippen MR) is 127 cm³/mol. The van der Waals surface area contributed by atoms with Crippen molar-refractivity contribution in [3.63, 3.8) is 0 Å². The van der Waals surface area contributed by atoms with E-state index in [1.807, 2.05) is 24.3 Å². The van der Waals surface area contributed by atoms with Gasteiger partial charge in [0.05, 0.1) is 22.7 Å². The number of halogens is 2. The largest absolute Gasteiger partial charge is 0.349 e. The first-order valence-corrected chi connectivity index (χ1v) is 10.7. The molecule has 0 amide bonds. The summed E-state index contributed by atoms with van der Waals surface area (Å²) in [7, 11) is 4.20. The number of hydrogen-bond acceptors (Lipinski definition) is 4. The van der Waals surface area contributed by atoms with Crippen molar-refractivity contribution in [3.05, 3.63) is 70.5 Å². The number of rotatable bonds is 4. The average Bonchev–Trinajstić information content (AvgIpc) is 3.13. The lowest BCUT2D eigenvalue weighted by Crippen LogP contribution is -2.39. The van der Waals surface area contributed by atoms with Crippen LogP contribution >= 0.6 is 23.2 Å². The van der Waals surface area contributed by atoms with Gasteiger partial charge in [-0.2, -0.15) is 0 Å². The van der Waals surface area contributed by atoms with Crippen LogP contribution in [0.5, 0.6) is 0 Å². The minimum absolute atomic E-state index is 0.156. The maximum atomic E-state index is 6.23. The zero-order valence-corrected chi connectivity index (χ0v) is 18.7. The van der Waals surface area contributed by atoms with E-state index in [1.54, 1.807) is 0 Å². The Balaban J connectivity index is 1.62. The molecule has 0 saturated heterocycles. The molecule has 4 nitrogen and oxygen atoms in total. The highest BCUT2D eigenvalue weighted by Crippen LogP contribution is 2.42. The third kappa shape index (κ3) is 3.34. The SMILES string of the molecule is CCN1C(=CC=CC2N(C)c3cc(Cl)ccc3N2CC)N(C)c2cc(Cl)ccc21. The van der Waals surface area contributed by atoms with Gasteiger partial charge in [-0.05, 0) is 62.4 Å². The second-order valence-corrected chi connectivity index (χ2v) is 8.16. The van der Waals surface area contributed by atoms with Crippen molar-refractivity contribution in [1.82, 2.24) is 0 Å². The Kier molecular flexibility index (Phi) is 5.41. The van der Waals surface area contributed by atoms with E-state index in [0.717, 1.165) is 40.3 Å². The molecule has 152 valence electrons. The third-order valence-electron chi connectivity index (χ3n) is 5.74. The number of hydrogen-bond donors (Lipinski definition) is 0. The molecule has 2 heterocycles. The number of fused-ring (bicyclic) bond motifs is 2. The lowest BCUT2D eigenvalue weighted by Gasteiger charge is -2.27. The molecule has 0 saturated carbocycles. The second-order valence-electron chi connectivity index (χ2n) is 7.29. The smallest absolute Gasteiger partial charge is 0.121 e. The Labute approximate surface area is 183 Å². The van der Waals surface area contributed by atoms with Crippen molar-refractivity contribution < 1.29 is 0 Å². The van der Waals surface area contributed by atoms with E-state index in [0.29, 0.717) is 0 Å². The Hall–Kier alpha value is -2.30. The summed E-state index contributed by atoms with van der Waals surface area (Å²) in [6.07, 6.45) is 6.72. The van der Waals surface area contributed by atoms with Crippen LogP contribution in [0.25, 0.3) is 0 Å². The monoisotopic (exact) mass is 428 g/mol. The van der Waals surface area contributed by atoms with Crippen LogP contribution in [0.1, 0.15) is 13.8 Å². The quantitative estimate of drug-likeness (QED) is 0.594. The van der Waals surface area contributed by atoms with Crippen LogP contribution in [0, 0.1) is 0 Å². The standard InChI is InChI=1S/C23H26Cl2N4/c1-5-28-18-12-10-16(24)14-20(18)26(3)22(28)8-7-9-23-27(4)21-15-17(25)11-13-19(21)29(23)6-2/h7-15,22H,5-6H2,1-4H3. The molecule has 6 heteroatoms. The van der Waals surface area contributed by atoms with Gasteiger partial charge in [-0.1, -0.05) is 29.3 Å². The zero-order chi connectivity index (χ0) is 20.7. The first-order chi connectivity index (χ1) is 14.0. The summed E-state index contributed by atoms with van der Waals surface area (Å²) in [4.78, 5) is 9.15. The van der Waals surface area contributed by atoms with Crippen molar-refractivity contribution in [2.45, 2.75) is 20.0 Å². The summed E-state index contributed by atoms with van der Waals surface area (Å²) in [6.45, 7) is 6.17. The highest BCUT2D eigenvalue weighted by Gasteiger charge is 2.31. The van der Waals surface area contributed by atoms with Gasteiger partial charge in [-0.15, -0.1) is 0 Å². The summed E-state index contributed by atoms with van der Waals surface area (Å²) in [5.41, 5.74) is 4.71. The van der Waals surface area contributed by atoms with Crippen molar-refractivity contribution >= 4 is 46.0 Å². The summed E-state index contributed by atoms with van der Waals surface area (Å²) < 4.78 is 0. The van der Waals surface area contributed by atoms with Crippen LogP contribution < -0.4 is 19.6 Å². The van der Waals surface area contributed by atoms with Gasteiger partial charge in [0.2, 0.25) is 0 Å². The van der Waals surface area contributed by atoms with E-state index < -0.39 is 0 Å². The molecule has 0 bridgehead atoms. The second kappa shape index (κ2) is 7.85. The molecule has 0 aromatic heterocycles. The molecule has 1 atom stereocenters. The highest BCUT2D eigenvalue weighted by atomic mass is 35.5. The molecular weight excluding hydrogens is 403 g/mol. The molecule has 0 radical (unpaired) electrons. The number of benzene rings is 2. The van der Waals surface area contributed by atoms with E-state index in [-0.39, 0.29) is 6.17 Å². The van der Waals surface area contributed by atoms with E-state index in [4.69, 9.17) is 23.2 Å². The van der Waals surface area contributed by atoms with Crippen LogP contribution in [0.15, 0.2) is 60.4 Å². The van der Waals surface area contributed by atoms with Gasteiger partial charge >= 0.3 is 0 Å². The Morgan fingerprint density at radius 2 is 1.52 bits per heavy atom. The number of nitrogens with zero attached hydrogens (tertiary/aromatic N) is 4. The number of likely N-dealkylation sites (N-methyl/N-ethyl adjacent to an activating group) is 2. The molecule has 2 aliphatic heterocycles. The molecule has 29 heavy (non-hydrogen) atoms.